The van der Waals surface area contributed by atoms with Gasteiger partial charge < -0.3 is 9.64 Å². The average Bonchev–Trinajstić information content (AvgIpc) is 3.24. The molecule has 1 fully saturated rings. The number of piperidine rings is 1. The molecule has 1 amide bonds. The second-order valence-electron chi connectivity index (χ2n) is 7.69. The lowest BCUT2D eigenvalue weighted by atomic mass is 10.0. The molecule has 1 aliphatic rings. The van der Waals surface area contributed by atoms with E-state index in [-0.39, 0.29) is 29.9 Å². The maximum Gasteiger partial charge on any atom is 0.342 e. The summed E-state index contributed by atoms with van der Waals surface area (Å²) in [5.74, 6) is -1.21. The second-order valence-corrected chi connectivity index (χ2v) is 7.69. The fourth-order valence-electron chi connectivity index (χ4n) is 3.81. The third-order valence-corrected chi connectivity index (χ3v) is 5.52. The normalized spacial score (nSPS) is 16.2. The number of benzene rings is 2. The van der Waals surface area contributed by atoms with Gasteiger partial charge in [0.05, 0.1) is 5.69 Å². The number of amides is 1. The number of likely N-dealkylation sites (tertiary alicyclic amines) is 1. The molecule has 31 heavy (non-hydrogen) atoms. The number of esters is 1. The van der Waals surface area contributed by atoms with Crippen LogP contribution in [0, 0.1) is 5.82 Å². The number of rotatable bonds is 5. The van der Waals surface area contributed by atoms with Crippen LogP contribution in [-0.2, 0) is 9.53 Å². The van der Waals surface area contributed by atoms with E-state index in [0.29, 0.717) is 17.8 Å². The summed E-state index contributed by atoms with van der Waals surface area (Å²) in [4.78, 5) is 27.2. The molecule has 1 aromatic heterocycles. The molecule has 1 atom stereocenters. The van der Waals surface area contributed by atoms with E-state index >= 15 is 0 Å². The zero-order valence-electron chi connectivity index (χ0n) is 17.3. The van der Waals surface area contributed by atoms with Gasteiger partial charge >= 0.3 is 5.97 Å². The summed E-state index contributed by atoms with van der Waals surface area (Å²) in [7, 11) is 0. The molecule has 2 aromatic carbocycles. The minimum absolute atomic E-state index is 0.149. The third-order valence-electron chi connectivity index (χ3n) is 5.52. The monoisotopic (exact) mass is 421 g/mol. The Bertz CT molecular complexity index is 1060. The molecule has 7 heteroatoms. The van der Waals surface area contributed by atoms with Crippen molar-refractivity contribution in [1.29, 1.82) is 0 Å². The predicted octanol–water partition coefficient (Wildman–Crippen LogP) is 4.24. The van der Waals surface area contributed by atoms with Crippen LogP contribution in [0.3, 0.4) is 0 Å². The van der Waals surface area contributed by atoms with Crippen LogP contribution in [0.4, 0.5) is 4.39 Å². The summed E-state index contributed by atoms with van der Waals surface area (Å²) >= 11 is 0. The Morgan fingerprint density at radius 1 is 1.10 bits per heavy atom. The summed E-state index contributed by atoms with van der Waals surface area (Å²) in [6.07, 6.45) is 4.59. The summed E-state index contributed by atoms with van der Waals surface area (Å²) < 4.78 is 20.3. The van der Waals surface area contributed by atoms with E-state index in [1.165, 1.54) is 12.1 Å². The highest BCUT2D eigenvalue weighted by Gasteiger charge is 2.26. The van der Waals surface area contributed by atoms with Gasteiger partial charge in [-0.05, 0) is 62.6 Å². The van der Waals surface area contributed by atoms with E-state index in [9.17, 15) is 14.0 Å². The number of nitrogens with zero attached hydrogens (tertiary/aromatic N) is 3. The number of halogens is 1. The average molecular weight is 421 g/mol. The van der Waals surface area contributed by atoms with Crippen LogP contribution >= 0.6 is 0 Å². The minimum atomic E-state index is -0.639. The van der Waals surface area contributed by atoms with Gasteiger partial charge in [-0.3, -0.25) is 4.79 Å². The molecule has 6 nitrogen and oxygen atoms in total. The van der Waals surface area contributed by atoms with Gasteiger partial charge in [-0.15, -0.1) is 0 Å². The first-order chi connectivity index (χ1) is 15.0. The van der Waals surface area contributed by atoms with Crippen molar-refractivity contribution in [3.8, 4) is 16.9 Å². The second kappa shape index (κ2) is 9.12. The van der Waals surface area contributed by atoms with Crippen molar-refractivity contribution in [2.45, 2.75) is 32.2 Å². The van der Waals surface area contributed by atoms with Crippen LogP contribution in [0.2, 0.25) is 0 Å². The van der Waals surface area contributed by atoms with Gasteiger partial charge in [0.1, 0.15) is 17.1 Å². The largest absolute Gasteiger partial charge is 0.452 e. The maximum absolute atomic E-state index is 13.4. The molecular weight excluding hydrogens is 397 g/mol. The lowest BCUT2D eigenvalue weighted by molar-refractivity contribution is -0.137. The van der Waals surface area contributed by atoms with E-state index in [0.717, 1.165) is 24.9 Å². The first-order valence-corrected chi connectivity index (χ1v) is 10.4. The SMILES string of the molecule is C[C@H]1CCCCN1C(=O)COC(=O)c1cn(-c2ccccc2)nc1-c1ccc(F)cc1. The van der Waals surface area contributed by atoms with Gasteiger partial charge in [-0.25, -0.2) is 13.9 Å². The smallest absolute Gasteiger partial charge is 0.342 e. The lowest BCUT2D eigenvalue weighted by Crippen LogP contribution is -2.44. The molecule has 4 rings (SSSR count). The van der Waals surface area contributed by atoms with Crippen LogP contribution < -0.4 is 0 Å². The van der Waals surface area contributed by atoms with E-state index in [2.05, 4.69) is 5.10 Å². The molecule has 0 bridgehead atoms. The first-order valence-electron chi connectivity index (χ1n) is 10.4. The summed E-state index contributed by atoms with van der Waals surface area (Å²) in [6, 6.07) is 15.2. The maximum atomic E-state index is 13.4. The Kier molecular flexibility index (Phi) is 6.11. The minimum Gasteiger partial charge on any atom is -0.452 e. The van der Waals surface area contributed by atoms with Crippen LogP contribution in [0.15, 0.2) is 60.8 Å². The van der Waals surface area contributed by atoms with Gasteiger partial charge in [0.15, 0.2) is 6.61 Å². The molecule has 0 saturated carbocycles. The molecular formula is C24H24FN3O3. The zero-order chi connectivity index (χ0) is 21.8. The molecule has 3 aromatic rings. The number of carbonyl (C=O) groups excluding carboxylic acids is 2. The van der Waals surface area contributed by atoms with Crippen molar-refractivity contribution >= 4 is 11.9 Å². The Labute approximate surface area is 180 Å². The number of carbonyl (C=O) groups is 2. The lowest BCUT2D eigenvalue weighted by Gasteiger charge is -2.33. The molecule has 2 heterocycles. The Morgan fingerprint density at radius 3 is 2.55 bits per heavy atom. The Morgan fingerprint density at radius 2 is 1.84 bits per heavy atom. The quantitative estimate of drug-likeness (QED) is 0.578. The predicted molar refractivity (Wildman–Crippen MR) is 114 cm³/mol. The molecule has 0 N–H and O–H groups in total. The fourth-order valence-corrected chi connectivity index (χ4v) is 3.81. The number of hydrogen-bond acceptors (Lipinski definition) is 4. The van der Waals surface area contributed by atoms with E-state index in [1.54, 1.807) is 27.9 Å². The van der Waals surface area contributed by atoms with E-state index in [1.807, 2.05) is 37.3 Å². The Hall–Kier alpha value is -3.48. The topological polar surface area (TPSA) is 64.4 Å². The molecule has 0 unspecified atom stereocenters. The van der Waals surface area contributed by atoms with Crippen LogP contribution in [0.1, 0.15) is 36.5 Å². The third kappa shape index (κ3) is 4.66. The summed E-state index contributed by atoms with van der Waals surface area (Å²) in [6.45, 7) is 2.38. The highest BCUT2D eigenvalue weighted by atomic mass is 19.1. The van der Waals surface area contributed by atoms with Gasteiger partial charge in [0.2, 0.25) is 0 Å². The van der Waals surface area contributed by atoms with E-state index in [4.69, 9.17) is 4.74 Å². The van der Waals surface area contributed by atoms with Gasteiger partial charge in [-0.2, -0.15) is 5.10 Å². The first kappa shape index (κ1) is 20.8. The summed E-state index contributed by atoms with van der Waals surface area (Å²) in [5, 5.41) is 4.53. The number of ether oxygens (including phenoxy) is 1. The van der Waals surface area contributed by atoms with Crippen LogP contribution in [-0.4, -0.2) is 45.8 Å². The molecule has 0 spiro atoms. The fraction of sp³-hybridized carbons (Fsp3) is 0.292. The number of para-hydroxylation sites is 1. The van der Waals surface area contributed by atoms with Crippen molar-refractivity contribution in [2.75, 3.05) is 13.2 Å². The zero-order valence-corrected chi connectivity index (χ0v) is 17.3. The highest BCUT2D eigenvalue weighted by molar-refractivity contribution is 5.97. The number of aromatic nitrogens is 2. The standard InChI is InChI=1S/C24H24FN3O3/c1-17-7-5-6-14-27(17)22(29)16-31-24(30)21-15-28(20-8-3-2-4-9-20)26-23(21)18-10-12-19(25)13-11-18/h2-4,8-13,15,17H,5-7,14,16H2,1H3/t17-/m0/s1. The summed E-state index contributed by atoms with van der Waals surface area (Å²) in [5.41, 5.74) is 1.93. The van der Waals surface area contributed by atoms with Gasteiger partial charge in [-0.1, -0.05) is 18.2 Å². The molecule has 0 radical (unpaired) electrons. The highest BCUT2D eigenvalue weighted by Crippen LogP contribution is 2.25. The molecule has 160 valence electrons. The van der Waals surface area contributed by atoms with Crippen LogP contribution in [0.5, 0.6) is 0 Å². The Balaban J connectivity index is 1.58. The van der Waals surface area contributed by atoms with Gasteiger partial charge in [0, 0.05) is 24.3 Å². The van der Waals surface area contributed by atoms with Crippen molar-refractivity contribution in [2.24, 2.45) is 0 Å². The van der Waals surface area contributed by atoms with Crippen molar-refractivity contribution in [1.82, 2.24) is 14.7 Å². The van der Waals surface area contributed by atoms with Crippen molar-refractivity contribution in [3.63, 3.8) is 0 Å². The van der Waals surface area contributed by atoms with E-state index < -0.39 is 5.97 Å². The number of hydrogen-bond donors (Lipinski definition) is 0. The van der Waals surface area contributed by atoms with Crippen molar-refractivity contribution < 1.29 is 18.7 Å². The molecule has 1 aliphatic heterocycles. The van der Waals surface area contributed by atoms with Gasteiger partial charge in [0.25, 0.3) is 5.91 Å². The molecule has 0 aliphatic carbocycles. The van der Waals surface area contributed by atoms with Crippen molar-refractivity contribution in [3.05, 3.63) is 72.2 Å². The molecule has 1 saturated heterocycles. The van der Waals surface area contributed by atoms with Crippen LogP contribution in [0.25, 0.3) is 16.9 Å².